The van der Waals surface area contributed by atoms with Gasteiger partial charge in [0.2, 0.25) is 0 Å². The lowest BCUT2D eigenvalue weighted by atomic mass is 9.82. The van der Waals surface area contributed by atoms with Crippen molar-refractivity contribution in [3.8, 4) is 5.69 Å². The van der Waals surface area contributed by atoms with Crippen molar-refractivity contribution in [3.63, 3.8) is 0 Å². The summed E-state index contributed by atoms with van der Waals surface area (Å²) < 4.78 is 2.30. The minimum absolute atomic E-state index is 0.446. The molecule has 0 bridgehead atoms. The zero-order chi connectivity index (χ0) is 20.1. The molecule has 1 aromatic carbocycles. The largest absolute Gasteiger partial charge is 0.295 e. The lowest BCUT2D eigenvalue weighted by molar-refractivity contribution is 0.315. The Balaban J connectivity index is 1.44. The van der Waals surface area contributed by atoms with Gasteiger partial charge in [0.1, 0.15) is 5.82 Å². The van der Waals surface area contributed by atoms with E-state index in [1.807, 2.05) is 17.4 Å². The van der Waals surface area contributed by atoms with Crippen molar-refractivity contribution in [2.75, 3.05) is 7.05 Å². The van der Waals surface area contributed by atoms with E-state index in [0.29, 0.717) is 11.8 Å². The van der Waals surface area contributed by atoms with E-state index in [1.54, 1.807) is 0 Å². The van der Waals surface area contributed by atoms with Crippen molar-refractivity contribution >= 4 is 22.9 Å². The molecule has 5 nitrogen and oxygen atoms in total. The summed E-state index contributed by atoms with van der Waals surface area (Å²) in [6, 6.07) is 6.18. The number of aryl methyl sites for hydroxylation is 2. The average Bonchev–Trinajstić information content (AvgIpc) is 3.21. The smallest absolute Gasteiger partial charge is 0.151 e. The molecule has 2 aliphatic rings. The number of rotatable bonds is 2. The van der Waals surface area contributed by atoms with Crippen molar-refractivity contribution in [2.24, 2.45) is 0 Å². The number of halogens is 1. The molecule has 7 heteroatoms. The molecule has 0 atom stereocenters. The highest BCUT2D eigenvalue weighted by atomic mass is 35.5. The molecule has 3 aromatic rings. The Bertz CT molecular complexity index is 1030. The van der Waals surface area contributed by atoms with Gasteiger partial charge in [-0.1, -0.05) is 11.6 Å². The monoisotopic (exact) mass is 427 g/mol. The van der Waals surface area contributed by atoms with Crippen LogP contribution in [-0.4, -0.2) is 31.7 Å². The molecule has 0 spiro atoms. The number of thiazole rings is 1. The molecule has 0 amide bonds. The van der Waals surface area contributed by atoms with Crippen molar-refractivity contribution < 1.29 is 0 Å². The van der Waals surface area contributed by atoms with Crippen molar-refractivity contribution in [1.82, 2.24) is 24.6 Å². The van der Waals surface area contributed by atoms with Crippen LogP contribution in [0.15, 0.2) is 18.2 Å². The lowest BCUT2D eigenvalue weighted by Gasteiger charge is -2.27. The van der Waals surface area contributed by atoms with Crippen LogP contribution >= 0.6 is 22.9 Å². The number of hydrogen-bond acceptors (Lipinski definition) is 5. The maximum atomic E-state index is 6.29. The summed E-state index contributed by atoms with van der Waals surface area (Å²) in [6.45, 7) is 5.96. The Hall–Kier alpha value is -1.76. The Morgan fingerprint density at radius 1 is 1.03 bits per heavy atom. The highest BCUT2D eigenvalue weighted by Crippen LogP contribution is 2.42. The maximum absolute atomic E-state index is 6.29. The van der Waals surface area contributed by atoms with E-state index >= 15 is 0 Å². The van der Waals surface area contributed by atoms with E-state index in [2.05, 4.69) is 52.7 Å². The molecule has 0 saturated heterocycles. The summed E-state index contributed by atoms with van der Waals surface area (Å²) in [5.74, 6) is 3.18. The Morgan fingerprint density at radius 2 is 1.79 bits per heavy atom. The zero-order valence-corrected chi connectivity index (χ0v) is 18.7. The van der Waals surface area contributed by atoms with Gasteiger partial charge in [0, 0.05) is 28.3 Å². The molecule has 0 unspecified atom stereocenters. The molecule has 1 aliphatic heterocycles. The quantitative estimate of drug-likeness (QED) is 0.550. The third-order valence-corrected chi connectivity index (χ3v) is 7.85. The fraction of sp³-hybridized carbons (Fsp3) is 0.500. The fourth-order valence-electron chi connectivity index (χ4n) is 4.72. The summed E-state index contributed by atoms with van der Waals surface area (Å²) >= 11 is 8.17. The summed E-state index contributed by atoms with van der Waals surface area (Å²) in [7, 11) is 2.12. The van der Waals surface area contributed by atoms with Gasteiger partial charge in [-0.05, 0) is 70.3 Å². The molecule has 29 heavy (non-hydrogen) atoms. The average molecular weight is 428 g/mol. The molecule has 1 fully saturated rings. The van der Waals surface area contributed by atoms with E-state index in [9.17, 15) is 0 Å². The molecular formula is C22H26ClN5S. The van der Waals surface area contributed by atoms with E-state index in [0.717, 1.165) is 42.6 Å². The Labute approximate surface area is 180 Å². The van der Waals surface area contributed by atoms with E-state index in [-0.39, 0.29) is 0 Å². The summed E-state index contributed by atoms with van der Waals surface area (Å²) in [4.78, 5) is 8.44. The number of aromatic nitrogens is 4. The second kappa shape index (κ2) is 7.49. The number of fused-ring (bicyclic) bond motifs is 3. The normalized spacial score (nSPS) is 22.2. The second-order valence-electron chi connectivity index (χ2n) is 8.50. The standard InChI is InChI=1S/C22H26ClN5S/c1-13-14(2)29-22(24-13)16-6-4-15(5-7-16)21-26-25-20-12-27(3)11-17-10-18(23)8-9-19(17)28(20)21/h8-10,15-16H,4-7,11-12H2,1-3H3. The molecule has 2 aromatic heterocycles. The van der Waals surface area contributed by atoms with Gasteiger partial charge in [-0.15, -0.1) is 21.5 Å². The molecular weight excluding hydrogens is 402 g/mol. The first-order valence-corrected chi connectivity index (χ1v) is 11.5. The Kier molecular flexibility index (Phi) is 4.96. The summed E-state index contributed by atoms with van der Waals surface area (Å²) in [5, 5.41) is 11.4. The van der Waals surface area contributed by atoms with Crippen LogP contribution in [0.25, 0.3) is 5.69 Å². The van der Waals surface area contributed by atoms with Crippen LogP contribution in [0, 0.1) is 13.8 Å². The second-order valence-corrected chi connectivity index (χ2v) is 10.2. The Morgan fingerprint density at radius 3 is 2.52 bits per heavy atom. The summed E-state index contributed by atoms with van der Waals surface area (Å²) in [5.41, 5.74) is 3.61. The van der Waals surface area contributed by atoms with Gasteiger partial charge in [-0.3, -0.25) is 9.47 Å². The SMILES string of the molecule is Cc1nc(C2CCC(c3nnc4n3-c3ccc(Cl)cc3CN(C)C4)CC2)sc1C. The topological polar surface area (TPSA) is 46.8 Å². The molecule has 1 saturated carbocycles. The molecule has 3 heterocycles. The lowest BCUT2D eigenvalue weighted by Crippen LogP contribution is -2.17. The number of hydrogen-bond donors (Lipinski definition) is 0. The minimum Gasteiger partial charge on any atom is -0.295 e. The van der Waals surface area contributed by atoms with E-state index in [4.69, 9.17) is 16.6 Å². The molecule has 5 rings (SSSR count). The summed E-state index contributed by atoms with van der Waals surface area (Å²) in [6.07, 6.45) is 4.62. The third-order valence-electron chi connectivity index (χ3n) is 6.38. The molecule has 0 N–H and O–H groups in total. The predicted molar refractivity (Wildman–Crippen MR) is 117 cm³/mol. The van der Waals surface area contributed by atoms with Crippen LogP contribution in [0.5, 0.6) is 0 Å². The predicted octanol–water partition coefficient (Wildman–Crippen LogP) is 5.38. The van der Waals surface area contributed by atoms with Gasteiger partial charge < -0.3 is 0 Å². The first kappa shape index (κ1) is 19.2. The fourth-order valence-corrected chi connectivity index (χ4v) is 6.00. The van der Waals surface area contributed by atoms with Gasteiger partial charge >= 0.3 is 0 Å². The number of benzene rings is 1. The van der Waals surface area contributed by atoms with Crippen molar-refractivity contribution in [3.05, 3.63) is 56.0 Å². The van der Waals surface area contributed by atoms with Gasteiger partial charge in [-0.2, -0.15) is 0 Å². The van der Waals surface area contributed by atoms with Crippen molar-refractivity contribution in [1.29, 1.82) is 0 Å². The van der Waals surface area contributed by atoms with Crippen LogP contribution in [0.3, 0.4) is 0 Å². The highest BCUT2D eigenvalue weighted by Gasteiger charge is 2.31. The third kappa shape index (κ3) is 3.51. The zero-order valence-electron chi connectivity index (χ0n) is 17.2. The van der Waals surface area contributed by atoms with E-state index in [1.165, 1.54) is 39.7 Å². The van der Waals surface area contributed by atoms with Crippen LogP contribution in [0.4, 0.5) is 0 Å². The van der Waals surface area contributed by atoms with Crippen LogP contribution in [-0.2, 0) is 13.1 Å². The van der Waals surface area contributed by atoms with Gasteiger partial charge in [-0.25, -0.2) is 4.98 Å². The molecule has 1 aliphatic carbocycles. The van der Waals surface area contributed by atoms with Gasteiger partial charge in [0.15, 0.2) is 5.82 Å². The van der Waals surface area contributed by atoms with Gasteiger partial charge in [0.05, 0.1) is 22.9 Å². The van der Waals surface area contributed by atoms with Crippen LogP contribution < -0.4 is 0 Å². The van der Waals surface area contributed by atoms with Crippen LogP contribution in [0.2, 0.25) is 5.02 Å². The van der Waals surface area contributed by atoms with Crippen LogP contribution in [0.1, 0.15) is 70.3 Å². The first-order valence-electron chi connectivity index (χ1n) is 10.3. The molecule has 152 valence electrons. The maximum Gasteiger partial charge on any atom is 0.151 e. The molecule has 0 radical (unpaired) electrons. The first-order chi connectivity index (χ1) is 14.0. The van der Waals surface area contributed by atoms with Crippen molar-refractivity contribution in [2.45, 2.75) is 64.5 Å². The van der Waals surface area contributed by atoms with Gasteiger partial charge in [0.25, 0.3) is 0 Å². The number of nitrogens with zero attached hydrogens (tertiary/aromatic N) is 5. The van der Waals surface area contributed by atoms with E-state index < -0.39 is 0 Å². The highest BCUT2D eigenvalue weighted by molar-refractivity contribution is 7.11. The minimum atomic E-state index is 0.446.